The van der Waals surface area contributed by atoms with Crippen molar-refractivity contribution in [2.75, 3.05) is 46.0 Å². The summed E-state index contributed by atoms with van der Waals surface area (Å²) in [6, 6.07) is 12.5. The molecule has 2 aromatic carbocycles. The average molecular weight is 586 g/mol. The van der Waals surface area contributed by atoms with Gasteiger partial charge in [0, 0.05) is 18.6 Å². The van der Waals surface area contributed by atoms with Crippen LogP contribution in [0.15, 0.2) is 54.6 Å². The SMILES string of the molecule is CCCCCCCC/C=C\CCCCCCCC[N+](CCO)(CCO)CCCO.O=C([O-])c1cccc2ccccc12. The van der Waals surface area contributed by atoms with Crippen molar-refractivity contribution in [2.24, 2.45) is 0 Å². The molecule has 3 N–H and O–H groups in total. The number of hydrogen-bond donors (Lipinski definition) is 3. The van der Waals surface area contributed by atoms with Crippen LogP contribution in [0.25, 0.3) is 10.8 Å². The first kappa shape index (κ1) is 37.8. The Morgan fingerprint density at radius 2 is 1.17 bits per heavy atom. The lowest BCUT2D eigenvalue weighted by Gasteiger charge is -2.38. The van der Waals surface area contributed by atoms with Gasteiger partial charge in [-0.2, -0.15) is 0 Å². The minimum Gasteiger partial charge on any atom is -0.545 e. The van der Waals surface area contributed by atoms with Gasteiger partial charge in [-0.15, -0.1) is 0 Å². The molecule has 0 atom stereocenters. The van der Waals surface area contributed by atoms with Crippen molar-refractivity contribution in [1.29, 1.82) is 0 Å². The third kappa shape index (κ3) is 17.0. The van der Waals surface area contributed by atoms with E-state index in [2.05, 4.69) is 19.1 Å². The number of rotatable bonds is 24. The van der Waals surface area contributed by atoms with E-state index >= 15 is 0 Å². The average Bonchev–Trinajstić information content (AvgIpc) is 3.00. The Kier molecular flexibility index (Phi) is 22.7. The summed E-state index contributed by atoms with van der Waals surface area (Å²) in [5.41, 5.74) is 0.248. The molecule has 6 heteroatoms. The standard InChI is InChI=1S/C25H52NO3.C11H8O2/c1-2-3-4-5-6-7-8-9-10-11-12-13-14-15-16-17-19-26(21-24-28,22-25-29)20-18-23-27;12-11(13)10-7-3-5-8-4-1-2-6-9(8)10/h9-10,27-29H,2-8,11-25H2,1H3;1-7H,(H,12,13)/q+1;/p-1/b10-9-;. The van der Waals surface area contributed by atoms with E-state index < -0.39 is 5.97 Å². The summed E-state index contributed by atoms with van der Waals surface area (Å²) in [6.07, 6.45) is 23.8. The normalized spacial score (nSPS) is 11.6. The molecule has 0 fully saturated rings. The molecule has 2 rings (SSSR count). The van der Waals surface area contributed by atoms with Crippen LogP contribution in [0.4, 0.5) is 0 Å². The van der Waals surface area contributed by atoms with E-state index in [1.54, 1.807) is 18.2 Å². The summed E-state index contributed by atoms with van der Waals surface area (Å²) in [4.78, 5) is 10.7. The molecule has 6 nitrogen and oxygen atoms in total. The predicted octanol–water partition coefficient (Wildman–Crippen LogP) is 6.41. The monoisotopic (exact) mass is 585 g/mol. The number of quaternary nitrogens is 1. The minimum absolute atomic E-state index is 0.151. The number of carbonyl (C=O) groups is 1. The van der Waals surface area contributed by atoms with E-state index in [1.807, 2.05) is 24.3 Å². The van der Waals surface area contributed by atoms with Gasteiger partial charge in [0.05, 0.1) is 32.3 Å². The molecule has 0 aliphatic carbocycles. The van der Waals surface area contributed by atoms with Gasteiger partial charge >= 0.3 is 0 Å². The predicted molar refractivity (Wildman–Crippen MR) is 173 cm³/mol. The van der Waals surface area contributed by atoms with Gasteiger partial charge in [-0.25, -0.2) is 0 Å². The summed E-state index contributed by atoms with van der Waals surface area (Å²) in [5.74, 6) is -1.13. The maximum atomic E-state index is 10.7. The molecule has 0 saturated carbocycles. The molecule has 0 spiro atoms. The zero-order valence-corrected chi connectivity index (χ0v) is 26.4. The van der Waals surface area contributed by atoms with Gasteiger partial charge in [0.25, 0.3) is 0 Å². The molecule has 0 amide bonds. The van der Waals surface area contributed by atoms with Crippen molar-refractivity contribution in [3.63, 3.8) is 0 Å². The number of benzene rings is 2. The van der Waals surface area contributed by atoms with Crippen molar-refractivity contribution >= 4 is 16.7 Å². The summed E-state index contributed by atoms with van der Waals surface area (Å²) in [7, 11) is 0. The number of carbonyl (C=O) groups excluding carboxylic acids is 1. The van der Waals surface area contributed by atoms with Crippen LogP contribution in [-0.4, -0.2) is 71.8 Å². The van der Waals surface area contributed by atoms with Gasteiger partial charge in [-0.1, -0.05) is 113 Å². The largest absolute Gasteiger partial charge is 0.545 e. The quantitative estimate of drug-likeness (QED) is 0.0751. The van der Waals surface area contributed by atoms with E-state index in [1.165, 1.54) is 83.5 Å². The number of aromatic carboxylic acids is 1. The number of allylic oxidation sites excluding steroid dienone is 2. The van der Waals surface area contributed by atoms with Crippen LogP contribution in [0.3, 0.4) is 0 Å². The minimum atomic E-state index is -1.13. The molecule has 0 heterocycles. The Hall–Kier alpha value is -2.25. The molecule has 0 radical (unpaired) electrons. The Morgan fingerprint density at radius 3 is 1.74 bits per heavy atom. The lowest BCUT2D eigenvalue weighted by Crippen LogP contribution is -2.53. The second-order valence-corrected chi connectivity index (χ2v) is 11.5. The number of carboxylic acids is 1. The Labute approximate surface area is 255 Å². The van der Waals surface area contributed by atoms with Crippen molar-refractivity contribution in [1.82, 2.24) is 0 Å². The molecule has 238 valence electrons. The van der Waals surface area contributed by atoms with E-state index in [4.69, 9.17) is 5.11 Å². The topological polar surface area (TPSA) is 101 Å². The highest BCUT2D eigenvalue weighted by atomic mass is 16.4. The van der Waals surface area contributed by atoms with Gasteiger partial charge in [-0.3, -0.25) is 0 Å². The van der Waals surface area contributed by atoms with Crippen molar-refractivity contribution < 1.29 is 29.7 Å². The van der Waals surface area contributed by atoms with E-state index in [0.717, 1.165) is 41.2 Å². The van der Waals surface area contributed by atoms with Crippen LogP contribution in [0, 0.1) is 0 Å². The molecule has 0 aliphatic rings. The maximum absolute atomic E-state index is 10.7. The number of nitrogens with zero attached hydrogens (tertiary/aromatic N) is 1. The van der Waals surface area contributed by atoms with Crippen LogP contribution in [0.5, 0.6) is 0 Å². The molecule has 42 heavy (non-hydrogen) atoms. The molecule has 0 unspecified atom stereocenters. The number of aliphatic hydroxyl groups excluding tert-OH is 3. The van der Waals surface area contributed by atoms with E-state index in [-0.39, 0.29) is 25.4 Å². The van der Waals surface area contributed by atoms with Crippen LogP contribution in [0.1, 0.15) is 114 Å². The van der Waals surface area contributed by atoms with Gasteiger partial charge in [0.1, 0.15) is 13.1 Å². The summed E-state index contributed by atoms with van der Waals surface area (Å²) in [5, 5.41) is 40.3. The number of carboxylic acid groups (broad SMARTS) is 1. The van der Waals surface area contributed by atoms with Crippen LogP contribution in [-0.2, 0) is 0 Å². The fourth-order valence-corrected chi connectivity index (χ4v) is 5.60. The Balaban J connectivity index is 0.000000554. The summed E-state index contributed by atoms with van der Waals surface area (Å²) < 4.78 is 0.747. The highest BCUT2D eigenvalue weighted by molar-refractivity contribution is 6.02. The number of unbranched alkanes of at least 4 members (excludes halogenated alkanes) is 12. The highest BCUT2D eigenvalue weighted by Crippen LogP contribution is 2.17. The first-order valence-electron chi connectivity index (χ1n) is 16.6. The molecular formula is C36H59NO5. The molecule has 0 aliphatic heterocycles. The van der Waals surface area contributed by atoms with Gasteiger partial charge in [-0.05, 0) is 49.3 Å². The fraction of sp³-hybridized carbons (Fsp3) is 0.639. The lowest BCUT2D eigenvalue weighted by atomic mass is 10.1. The summed E-state index contributed by atoms with van der Waals surface area (Å²) in [6.45, 7) is 5.98. The lowest BCUT2D eigenvalue weighted by molar-refractivity contribution is -0.929. The van der Waals surface area contributed by atoms with Gasteiger partial charge < -0.3 is 29.7 Å². The van der Waals surface area contributed by atoms with Crippen molar-refractivity contribution in [2.45, 2.75) is 103 Å². The van der Waals surface area contributed by atoms with Crippen LogP contribution < -0.4 is 5.11 Å². The Bertz CT molecular complexity index is 949. The molecule has 2 aromatic rings. The first-order chi connectivity index (χ1) is 20.5. The van der Waals surface area contributed by atoms with Crippen LogP contribution in [0.2, 0.25) is 0 Å². The number of aliphatic hydroxyl groups is 3. The van der Waals surface area contributed by atoms with Crippen molar-refractivity contribution in [3.05, 3.63) is 60.2 Å². The second-order valence-electron chi connectivity index (χ2n) is 11.5. The number of hydrogen-bond acceptors (Lipinski definition) is 5. The van der Waals surface area contributed by atoms with Crippen LogP contribution >= 0.6 is 0 Å². The van der Waals surface area contributed by atoms with Gasteiger partial charge in [0.15, 0.2) is 0 Å². The summed E-state index contributed by atoms with van der Waals surface area (Å²) >= 11 is 0. The highest BCUT2D eigenvalue weighted by Gasteiger charge is 2.25. The van der Waals surface area contributed by atoms with Crippen molar-refractivity contribution in [3.8, 4) is 0 Å². The smallest absolute Gasteiger partial charge is 0.102 e. The molecular weight excluding hydrogens is 526 g/mol. The Morgan fingerprint density at radius 1 is 0.643 bits per heavy atom. The zero-order valence-electron chi connectivity index (χ0n) is 26.4. The van der Waals surface area contributed by atoms with E-state index in [9.17, 15) is 20.1 Å². The zero-order chi connectivity index (χ0) is 30.7. The first-order valence-corrected chi connectivity index (χ1v) is 16.6. The van der Waals surface area contributed by atoms with Gasteiger partial charge in [0.2, 0.25) is 0 Å². The molecule has 0 aromatic heterocycles. The maximum Gasteiger partial charge on any atom is 0.102 e. The third-order valence-corrected chi connectivity index (χ3v) is 8.09. The second kappa shape index (κ2) is 25.3. The number of fused-ring (bicyclic) bond motifs is 1. The molecule has 0 bridgehead atoms. The third-order valence-electron chi connectivity index (χ3n) is 8.09. The fourth-order valence-electron chi connectivity index (χ4n) is 5.60. The molecule has 0 saturated heterocycles. The van der Waals surface area contributed by atoms with E-state index in [0.29, 0.717) is 13.1 Å².